The van der Waals surface area contributed by atoms with E-state index in [1.54, 1.807) is 24.3 Å². The number of hydrogen-bond acceptors (Lipinski definition) is 3. The van der Waals surface area contributed by atoms with Gasteiger partial charge in [-0.1, -0.05) is 48.5 Å². The Bertz CT molecular complexity index is 962. The lowest BCUT2D eigenvalue weighted by atomic mass is 10.0. The fraction of sp³-hybridized carbons (Fsp3) is 0.320. The molecule has 1 saturated heterocycles. The van der Waals surface area contributed by atoms with E-state index in [-0.39, 0.29) is 23.5 Å². The lowest BCUT2D eigenvalue weighted by Gasteiger charge is -2.32. The van der Waals surface area contributed by atoms with Crippen molar-refractivity contribution in [2.45, 2.75) is 31.7 Å². The Kier molecular flexibility index (Phi) is 6.60. The number of carbonyl (C=O) groups is 1. The molecule has 4 nitrogen and oxygen atoms in total. The lowest BCUT2D eigenvalue weighted by Crippen LogP contribution is -2.45. The molecule has 1 fully saturated rings. The molecule has 0 radical (unpaired) electrons. The van der Waals surface area contributed by atoms with Crippen LogP contribution in [0, 0.1) is 5.82 Å². The van der Waals surface area contributed by atoms with Gasteiger partial charge in [-0.05, 0) is 42.5 Å². The molecule has 1 aliphatic heterocycles. The van der Waals surface area contributed by atoms with Gasteiger partial charge in [0.15, 0.2) is 5.76 Å². The average molecular weight is 407 g/mol. The number of amides is 1. The van der Waals surface area contributed by atoms with Crippen molar-refractivity contribution in [2.24, 2.45) is 0 Å². The maximum Gasteiger partial charge on any atom is 0.287 e. The van der Waals surface area contributed by atoms with E-state index in [2.05, 4.69) is 34.5 Å². The molecule has 4 rings (SSSR count). The van der Waals surface area contributed by atoms with Crippen LogP contribution in [0.1, 0.15) is 40.1 Å². The number of benzene rings is 2. The lowest BCUT2D eigenvalue weighted by molar-refractivity contribution is 0.0882. The predicted octanol–water partition coefficient (Wildman–Crippen LogP) is 4.45. The molecule has 0 bridgehead atoms. The van der Waals surface area contributed by atoms with Crippen LogP contribution >= 0.6 is 0 Å². The summed E-state index contributed by atoms with van der Waals surface area (Å²) in [6.45, 7) is 2.98. The first kappa shape index (κ1) is 20.4. The molecule has 2 heterocycles. The summed E-state index contributed by atoms with van der Waals surface area (Å²) in [5, 5.41) is 3.10. The number of hydrogen-bond donors (Lipinski definition) is 1. The maximum atomic E-state index is 14.0. The molecule has 156 valence electrons. The van der Waals surface area contributed by atoms with Crippen LogP contribution < -0.4 is 5.32 Å². The Morgan fingerprint density at radius 2 is 1.73 bits per heavy atom. The first-order valence-electron chi connectivity index (χ1n) is 10.6. The van der Waals surface area contributed by atoms with Gasteiger partial charge in [-0.3, -0.25) is 4.79 Å². The highest BCUT2D eigenvalue weighted by atomic mass is 19.1. The Morgan fingerprint density at radius 3 is 2.50 bits per heavy atom. The normalized spacial score (nSPS) is 15.2. The molecule has 0 unspecified atom stereocenters. The Balaban J connectivity index is 1.27. The maximum absolute atomic E-state index is 14.0. The number of rotatable bonds is 7. The third kappa shape index (κ3) is 5.16. The highest BCUT2D eigenvalue weighted by Crippen LogP contribution is 2.19. The number of likely N-dealkylation sites (tertiary alicyclic amines) is 1. The van der Waals surface area contributed by atoms with Gasteiger partial charge in [0.25, 0.3) is 5.91 Å². The first-order chi connectivity index (χ1) is 14.7. The van der Waals surface area contributed by atoms with E-state index in [9.17, 15) is 9.18 Å². The fourth-order valence-electron chi connectivity index (χ4n) is 4.00. The molecule has 1 aromatic heterocycles. The molecule has 0 spiro atoms. The molecule has 3 aromatic rings. The summed E-state index contributed by atoms with van der Waals surface area (Å²) in [6, 6.07) is 19.0. The second kappa shape index (κ2) is 9.72. The van der Waals surface area contributed by atoms with Crippen LogP contribution in [-0.4, -0.2) is 36.5 Å². The van der Waals surface area contributed by atoms with Crippen molar-refractivity contribution in [3.8, 4) is 0 Å². The van der Waals surface area contributed by atoms with Gasteiger partial charge in [-0.2, -0.15) is 0 Å². The summed E-state index contributed by atoms with van der Waals surface area (Å²) in [7, 11) is 0. The van der Waals surface area contributed by atoms with Crippen LogP contribution in [0.2, 0.25) is 0 Å². The van der Waals surface area contributed by atoms with E-state index in [0.29, 0.717) is 17.5 Å². The zero-order valence-corrected chi connectivity index (χ0v) is 17.0. The summed E-state index contributed by atoms with van der Waals surface area (Å²) < 4.78 is 19.4. The first-order valence-corrected chi connectivity index (χ1v) is 10.6. The molecule has 2 aromatic carbocycles. The summed E-state index contributed by atoms with van der Waals surface area (Å²) in [5.41, 5.74) is 2.62. The number of nitrogens with one attached hydrogen (secondary N) is 1. The van der Waals surface area contributed by atoms with Gasteiger partial charge < -0.3 is 14.6 Å². The zero-order chi connectivity index (χ0) is 20.8. The minimum Gasteiger partial charge on any atom is -0.459 e. The number of furan rings is 1. The largest absolute Gasteiger partial charge is 0.459 e. The Hall–Kier alpha value is -2.92. The van der Waals surface area contributed by atoms with E-state index in [1.807, 2.05) is 6.07 Å². The molecule has 0 atom stereocenters. The van der Waals surface area contributed by atoms with Crippen molar-refractivity contribution in [3.63, 3.8) is 0 Å². The molecule has 0 aliphatic carbocycles. The van der Waals surface area contributed by atoms with Crippen molar-refractivity contribution in [3.05, 3.63) is 95.2 Å². The van der Waals surface area contributed by atoms with E-state index in [1.165, 1.54) is 17.9 Å². The second-order valence-corrected chi connectivity index (χ2v) is 7.87. The summed E-state index contributed by atoms with van der Waals surface area (Å²) in [6.07, 6.45) is 4.72. The monoisotopic (exact) mass is 406 g/mol. The number of piperidine rings is 1. The van der Waals surface area contributed by atoms with Crippen LogP contribution in [0.4, 0.5) is 4.39 Å². The van der Waals surface area contributed by atoms with E-state index >= 15 is 0 Å². The van der Waals surface area contributed by atoms with Gasteiger partial charge in [-0.25, -0.2) is 4.39 Å². The van der Waals surface area contributed by atoms with Gasteiger partial charge in [0, 0.05) is 37.7 Å². The summed E-state index contributed by atoms with van der Waals surface area (Å²) in [4.78, 5) is 15.2. The average Bonchev–Trinajstić information content (AvgIpc) is 3.24. The van der Waals surface area contributed by atoms with Crippen molar-refractivity contribution in [1.29, 1.82) is 0 Å². The topological polar surface area (TPSA) is 45.5 Å². The molecule has 1 aliphatic rings. The van der Waals surface area contributed by atoms with E-state index in [4.69, 9.17) is 4.42 Å². The van der Waals surface area contributed by atoms with Crippen LogP contribution in [0.3, 0.4) is 0 Å². The third-order valence-electron chi connectivity index (χ3n) is 5.77. The van der Waals surface area contributed by atoms with Gasteiger partial charge in [-0.15, -0.1) is 0 Å². The van der Waals surface area contributed by atoms with Crippen LogP contribution in [0.25, 0.3) is 0 Å². The minimum absolute atomic E-state index is 0.136. The smallest absolute Gasteiger partial charge is 0.287 e. The van der Waals surface area contributed by atoms with E-state index < -0.39 is 0 Å². The zero-order valence-electron chi connectivity index (χ0n) is 17.0. The van der Waals surface area contributed by atoms with Crippen LogP contribution in [0.5, 0.6) is 0 Å². The number of halogens is 1. The fourth-order valence-corrected chi connectivity index (χ4v) is 4.00. The van der Waals surface area contributed by atoms with Gasteiger partial charge in [0.1, 0.15) is 5.82 Å². The number of carbonyl (C=O) groups excluding carboxylic acids is 1. The predicted molar refractivity (Wildman–Crippen MR) is 115 cm³/mol. The SMILES string of the molecule is O=C(NC1CCN(CCc2ccccc2)CC1)c1occc1Cc1ccccc1F. The molecule has 0 saturated carbocycles. The molecular formula is C25H27FN2O2. The highest BCUT2D eigenvalue weighted by Gasteiger charge is 2.23. The molecular weight excluding hydrogens is 379 g/mol. The van der Waals surface area contributed by atoms with Gasteiger partial charge in [0.05, 0.1) is 6.26 Å². The van der Waals surface area contributed by atoms with Crippen molar-refractivity contribution < 1.29 is 13.6 Å². The quantitative estimate of drug-likeness (QED) is 0.631. The van der Waals surface area contributed by atoms with E-state index in [0.717, 1.165) is 38.9 Å². The van der Waals surface area contributed by atoms with Crippen LogP contribution in [-0.2, 0) is 12.8 Å². The highest BCUT2D eigenvalue weighted by molar-refractivity contribution is 5.93. The van der Waals surface area contributed by atoms with Gasteiger partial charge in [0.2, 0.25) is 0 Å². The van der Waals surface area contributed by atoms with Crippen LogP contribution in [0.15, 0.2) is 71.3 Å². The third-order valence-corrected chi connectivity index (χ3v) is 5.77. The Morgan fingerprint density at radius 1 is 1.00 bits per heavy atom. The molecule has 1 N–H and O–H groups in total. The number of nitrogens with zero attached hydrogens (tertiary/aromatic N) is 1. The molecule has 1 amide bonds. The van der Waals surface area contributed by atoms with Crippen molar-refractivity contribution in [2.75, 3.05) is 19.6 Å². The molecule has 30 heavy (non-hydrogen) atoms. The standard InChI is InChI=1S/C25H27FN2O2/c26-23-9-5-4-8-20(23)18-21-13-17-30-24(21)25(29)27-22-11-15-28(16-12-22)14-10-19-6-2-1-3-7-19/h1-9,13,17,22H,10-12,14-16,18H2,(H,27,29). The van der Waals surface area contributed by atoms with Crippen molar-refractivity contribution >= 4 is 5.91 Å². The minimum atomic E-state index is -0.270. The summed E-state index contributed by atoms with van der Waals surface area (Å²) >= 11 is 0. The molecule has 5 heteroatoms. The second-order valence-electron chi connectivity index (χ2n) is 7.87. The van der Waals surface area contributed by atoms with Gasteiger partial charge >= 0.3 is 0 Å². The Labute approximate surface area is 176 Å². The van der Waals surface area contributed by atoms with Crippen molar-refractivity contribution in [1.82, 2.24) is 10.2 Å². The summed E-state index contributed by atoms with van der Waals surface area (Å²) in [5.74, 6) is -0.202.